The number of aromatic hydroxyl groups is 1. The predicted molar refractivity (Wildman–Crippen MR) is 65.7 cm³/mol. The summed E-state index contributed by atoms with van der Waals surface area (Å²) in [6.07, 6.45) is 0.792. The van der Waals surface area contributed by atoms with Crippen molar-refractivity contribution in [2.45, 2.75) is 6.42 Å². The third-order valence-corrected chi connectivity index (χ3v) is 2.78. The van der Waals surface area contributed by atoms with Crippen LogP contribution < -0.4 is 15.2 Å². The van der Waals surface area contributed by atoms with Gasteiger partial charge in [-0.25, -0.2) is 0 Å². The van der Waals surface area contributed by atoms with Crippen LogP contribution in [0.5, 0.6) is 17.2 Å². The molecular weight excluding hydrogens is 234 g/mol. The Balaban J connectivity index is 2.09. The Labute approximate surface area is 103 Å². The van der Waals surface area contributed by atoms with E-state index in [1.54, 1.807) is 18.2 Å². The Morgan fingerprint density at radius 2 is 2.11 bits per heavy atom. The summed E-state index contributed by atoms with van der Waals surface area (Å²) in [7, 11) is 0. The molecule has 1 aromatic carbocycles. The first-order valence-electron chi connectivity index (χ1n) is 5.68. The van der Waals surface area contributed by atoms with Gasteiger partial charge in [0.15, 0.2) is 11.5 Å². The highest BCUT2D eigenvalue weighted by Gasteiger charge is 2.19. The number of hydrogen-bond acceptors (Lipinski definition) is 5. The van der Waals surface area contributed by atoms with Gasteiger partial charge in [-0.05, 0) is 12.1 Å². The highest BCUT2D eigenvalue weighted by atomic mass is 16.5. The highest BCUT2D eigenvalue weighted by Crippen LogP contribution is 2.44. The molecule has 0 spiro atoms. The molecule has 1 aromatic heterocycles. The largest absolute Gasteiger partial charge is 0.504 e. The maximum Gasteiger partial charge on any atom is 0.204 e. The fourth-order valence-electron chi connectivity index (χ4n) is 1.91. The molecule has 0 atom stereocenters. The van der Waals surface area contributed by atoms with Gasteiger partial charge in [0.2, 0.25) is 5.75 Å². The number of phenolic OH excluding ortho intramolecular Hbond substituents is 1. The van der Waals surface area contributed by atoms with E-state index in [2.05, 4.69) is 10.2 Å². The Morgan fingerprint density at radius 1 is 1.28 bits per heavy atom. The van der Waals surface area contributed by atoms with Gasteiger partial charge >= 0.3 is 0 Å². The topological polar surface area (TPSA) is 93.4 Å². The number of nitrogens with two attached hydrogens (primary N) is 1. The number of rotatable bonds is 1. The first kappa shape index (κ1) is 10.8. The Morgan fingerprint density at radius 3 is 2.89 bits per heavy atom. The van der Waals surface area contributed by atoms with Crippen molar-refractivity contribution in [2.24, 2.45) is 0 Å². The molecule has 3 rings (SSSR count). The van der Waals surface area contributed by atoms with Crippen LogP contribution in [0.2, 0.25) is 0 Å². The first-order chi connectivity index (χ1) is 8.75. The summed E-state index contributed by atoms with van der Waals surface area (Å²) in [6.45, 7) is 1.11. The maximum absolute atomic E-state index is 10.2. The summed E-state index contributed by atoms with van der Waals surface area (Å²) in [5, 5.41) is 16.8. The van der Waals surface area contributed by atoms with Crippen molar-refractivity contribution in [3.05, 3.63) is 18.2 Å². The van der Waals surface area contributed by atoms with E-state index in [1.165, 1.54) is 0 Å². The molecule has 0 saturated heterocycles. The van der Waals surface area contributed by atoms with Crippen LogP contribution in [0.1, 0.15) is 6.42 Å². The van der Waals surface area contributed by atoms with E-state index in [-0.39, 0.29) is 5.75 Å². The average molecular weight is 247 g/mol. The SMILES string of the molecule is Nc1cc(-c2ccc3c(c2O)OCCCO3)[nH]n1. The molecule has 4 N–H and O–H groups in total. The van der Waals surface area contributed by atoms with Crippen molar-refractivity contribution in [3.63, 3.8) is 0 Å². The predicted octanol–water partition coefficient (Wildman–Crippen LogP) is 1.53. The molecule has 0 bridgehead atoms. The zero-order valence-electron chi connectivity index (χ0n) is 9.64. The summed E-state index contributed by atoms with van der Waals surface area (Å²) in [5.41, 5.74) is 6.77. The van der Waals surface area contributed by atoms with E-state index in [0.717, 1.165) is 6.42 Å². The Hall–Kier alpha value is -2.37. The number of phenols is 1. The van der Waals surface area contributed by atoms with Crippen molar-refractivity contribution in [1.29, 1.82) is 0 Å². The normalized spacial score (nSPS) is 14.2. The maximum atomic E-state index is 10.2. The van der Waals surface area contributed by atoms with Crippen LogP contribution in [-0.2, 0) is 0 Å². The number of hydrogen-bond donors (Lipinski definition) is 3. The van der Waals surface area contributed by atoms with Gasteiger partial charge in [-0.15, -0.1) is 0 Å². The smallest absolute Gasteiger partial charge is 0.204 e. The third-order valence-electron chi connectivity index (χ3n) is 2.78. The molecule has 0 radical (unpaired) electrons. The molecule has 18 heavy (non-hydrogen) atoms. The van der Waals surface area contributed by atoms with E-state index >= 15 is 0 Å². The molecule has 2 aromatic rings. The Bertz CT molecular complexity index is 580. The lowest BCUT2D eigenvalue weighted by Crippen LogP contribution is -1.97. The van der Waals surface area contributed by atoms with Crippen LogP contribution in [-0.4, -0.2) is 28.5 Å². The van der Waals surface area contributed by atoms with E-state index in [9.17, 15) is 5.11 Å². The molecule has 0 saturated carbocycles. The number of nitrogen functional groups attached to an aromatic ring is 1. The van der Waals surface area contributed by atoms with Crippen molar-refractivity contribution in [2.75, 3.05) is 18.9 Å². The summed E-state index contributed by atoms with van der Waals surface area (Å²) < 4.78 is 11.0. The van der Waals surface area contributed by atoms with Crippen LogP contribution in [0.15, 0.2) is 18.2 Å². The second-order valence-corrected chi connectivity index (χ2v) is 4.05. The minimum Gasteiger partial charge on any atom is -0.504 e. The molecule has 94 valence electrons. The van der Waals surface area contributed by atoms with Crippen LogP contribution >= 0.6 is 0 Å². The van der Waals surface area contributed by atoms with Crippen molar-refractivity contribution >= 4 is 5.82 Å². The molecule has 2 heterocycles. The zero-order chi connectivity index (χ0) is 12.5. The van der Waals surface area contributed by atoms with Gasteiger partial charge in [0.1, 0.15) is 5.82 Å². The monoisotopic (exact) mass is 247 g/mol. The quantitative estimate of drug-likeness (QED) is 0.710. The second-order valence-electron chi connectivity index (χ2n) is 4.05. The number of benzene rings is 1. The van der Waals surface area contributed by atoms with Gasteiger partial charge in [0.05, 0.1) is 18.9 Å². The van der Waals surface area contributed by atoms with Gasteiger partial charge in [-0.3, -0.25) is 5.10 Å². The number of H-pyrrole nitrogens is 1. The summed E-state index contributed by atoms with van der Waals surface area (Å²) >= 11 is 0. The number of aromatic amines is 1. The minimum atomic E-state index is 0.0399. The van der Waals surface area contributed by atoms with Gasteiger partial charge in [0, 0.05) is 18.1 Å². The number of anilines is 1. The average Bonchev–Trinajstić information content (AvgIpc) is 2.65. The third kappa shape index (κ3) is 1.71. The van der Waals surface area contributed by atoms with Gasteiger partial charge in [-0.1, -0.05) is 0 Å². The summed E-state index contributed by atoms with van der Waals surface area (Å²) in [6, 6.07) is 5.17. The van der Waals surface area contributed by atoms with E-state index in [0.29, 0.717) is 41.8 Å². The molecule has 1 aliphatic rings. The fourth-order valence-corrected chi connectivity index (χ4v) is 1.91. The van der Waals surface area contributed by atoms with Crippen molar-refractivity contribution < 1.29 is 14.6 Å². The molecule has 0 aliphatic carbocycles. The van der Waals surface area contributed by atoms with Gasteiger partial charge in [0.25, 0.3) is 0 Å². The molecule has 0 unspecified atom stereocenters. The van der Waals surface area contributed by atoms with Crippen molar-refractivity contribution in [1.82, 2.24) is 10.2 Å². The van der Waals surface area contributed by atoms with Gasteiger partial charge in [-0.2, -0.15) is 5.10 Å². The second kappa shape index (κ2) is 4.14. The molecular formula is C12H13N3O3. The molecule has 0 fully saturated rings. The molecule has 6 nitrogen and oxygen atoms in total. The number of nitrogens with one attached hydrogen (secondary N) is 1. The van der Waals surface area contributed by atoms with E-state index < -0.39 is 0 Å². The molecule has 6 heteroatoms. The number of fused-ring (bicyclic) bond motifs is 1. The number of ether oxygens (including phenoxy) is 2. The van der Waals surface area contributed by atoms with Gasteiger partial charge < -0.3 is 20.3 Å². The lowest BCUT2D eigenvalue weighted by molar-refractivity contribution is 0.291. The van der Waals surface area contributed by atoms with Crippen LogP contribution in [0, 0.1) is 0 Å². The van der Waals surface area contributed by atoms with Crippen molar-refractivity contribution in [3.8, 4) is 28.5 Å². The first-order valence-corrected chi connectivity index (χ1v) is 5.68. The molecule has 0 amide bonds. The Kier molecular flexibility index (Phi) is 2.47. The lowest BCUT2D eigenvalue weighted by atomic mass is 10.1. The standard InChI is InChI=1S/C12H13N3O3/c13-10-6-8(14-15-10)7-2-3-9-12(11(7)16)18-5-1-4-17-9/h2-3,6,16H,1,4-5H2,(H3,13,14,15). The number of aromatic nitrogens is 2. The molecule has 1 aliphatic heterocycles. The highest BCUT2D eigenvalue weighted by molar-refractivity contribution is 5.74. The van der Waals surface area contributed by atoms with E-state index in [1.807, 2.05) is 0 Å². The zero-order valence-corrected chi connectivity index (χ0v) is 9.64. The number of nitrogens with zero attached hydrogens (tertiary/aromatic N) is 1. The van der Waals surface area contributed by atoms with Crippen LogP contribution in [0.3, 0.4) is 0 Å². The summed E-state index contributed by atoms with van der Waals surface area (Å²) in [4.78, 5) is 0. The fraction of sp³-hybridized carbons (Fsp3) is 0.250. The summed E-state index contributed by atoms with van der Waals surface area (Å²) in [5.74, 6) is 1.34. The minimum absolute atomic E-state index is 0.0399. The van der Waals surface area contributed by atoms with E-state index in [4.69, 9.17) is 15.2 Å². The van der Waals surface area contributed by atoms with Crippen LogP contribution in [0.25, 0.3) is 11.3 Å². The lowest BCUT2D eigenvalue weighted by Gasteiger charge is -2.11. The van der Waals surface area contributed by atoms with Crippen LogP contribution in [0.4, 0.5) is 5.82 Å².